The molecule has 0 aliphatic carbocycles. The van der Waals surface area contributed by atoms with Crippen LogP contribution >= 0.6 is 0 Å². The van der Waals surface area contributed by atoms with Crippen LogP contribution < -0.4 is 15.2 Å². The molecule has 0 bridgehead atoms. The third kappa shape index (κ3) is 2.69. The lowest BCUT2D eigenvalue weighted by molar-refractivity contribution is 0.322. The van der Waals surface area contributed by atoms with E-state index in [4.69, 9.17) is 15.2 Å². The third-order valence-corrected chi connectivity index (χ3v) is 3.38. The van der Waals surface area contributed by atoms with Gasteiger partial charge in [0.15, 0.2) is 0 Å². The van der Waals surface area contributed by atoms with E-state index in [1.165, 1.54) is 29.3 Å². The Hall–Kier alpha value is -2.23. The number of rotatable bonds is 4. The summed E-state index contributed by atoms with van der Waals surface area (Å²) in [5.74, 6) is 1.03. The van der Waals surface area contributed by atoms with E-state index < -0.39 is 0 Å². The number of anilines is 1. The van der Waals surface area contributed by atoms with Crippen LogP contribution in [-0.2, 0) is 12.8 Å². The standard InChI is InChI=1S/C16H16FNO2/c17-13-2-3-14(18)16(10-13)20-7-5-11-1-4-15-12(9-11)6-8-19-15/h1-4,9-10H,5-8,18H2. The summed E-state index contributed by atoms with van der Waals surface area (Å²) in [5, 5.41) is 0. The summed E-state index contributed by atoms with van der Waals surface area (Å²) in [6, 6.07) is 10.3. The number of halogens is 1. The monoisotopic (exact) mass is 273 g/mol. The van der Waals surface area contributed by atoms with Crippen LogP contribution in [0.3, 0.4) is 0 Å². The molecule has 1 aliphatic rings. The SMILES string of the molecule is Nc1ccc(F)cc1OCCc1ccc2c(c1)CCO2. The highest BCUT2D eigenvalue weighted by molar-refractivity contribution is 5.52. The summed E-state index contributed by atoms with van der Waals surface area (Å²) < 4.78 is 24.1. The minimum Gasteiger partial charge on any atom is -0.493 e. The van der Waals surface area contributed by atoms with Crippen LogP contribution in [0.4, 0.5) is 10.1 Å². The van der Waals surface area contributed by atoms with Crippen molar-refractivity contribution in [1.82, 2.24) is 0 Å². The minimum absolute atomic E-state index is 0.344. The van der Waals surface area contributed by atoms with Crippen molar-refractivity contribution in [2.24, 2.45) is 0 Å². The molecule has 20 heavy (non-hydrogen) atoms. The second-order valence-corrected chi connectivity index (χ2v) is 4.82. The van der Waals surface area contributed by atoms with E-state index >= 15 is 0 Å². The van der Waals surface area contributed by atoms with Crippen LogP contribution in [0.25, 0.3) is 0 Å². The van der Waals surface area contributed by atoms with Gasteiger partial charge < -0.3 is 15.2 Å². The van der Waals surface area contributed by atoms with Crippen molar-refractivity contribution in [3.05, 3.63) is 53.3 Å². The summed E-state index contributed by atoms with van der Waals surface area (Å²) in [7, 11) is 0. The molecule has 2 aromatic rings. The fourth-order valence-electron chi connectivity index (χ4n) is 2.31. The molecule has 104 valence electrons. The van der Waals surface area contributed by atoms with E-state index in [0.717, 1.165) is 25.2 Å². The molecule has 0 aromatic heterocycles. The first-order chi connectivity index (χ1) is 9.72. The van der Waals surface area contributed by atoms with Crippen molar-refractivity contribution in [1.29, 1.82) is 0 Å². The maximum atomic E-state index is 13.1. The lowest BCUT2D eigenvalue weighted by Gasteiger charge is -2.09. The van der Waals surface area contributed by atoms with Gasteiger partial charge in [0, 0.05) is 18.9 Å². The molecule has 1 heterocycles. The van der Waals surface area contributed by atoms with E-state index in [0.29, 0.717) is 18.0 Å². The molecular weight excluding hydrogens is 257 g/mol. The third-order valence-electron chi connectivity index (χ3n) is 3.38. The summed E-state index contributed by atoms with van der Waals surface area (Å²) >= 11 is 0. The van der Waals surface area contributed by atoms with Crippen LogP contribution in [0, 0.1) is 5.82 Å². The highest BCUT2D eigenvalue weighted by atomic mass is 19.1. The Balaban J connectivity index is 1.61. The molecule has 0 radical (unpaired) electrons. The topological polar surface area (TPSA) is 44.5 Å². The fraction of sp³-hybridized carbons (Fsp3) is 0.250. The molecule has 1 aliphatic heterocycles. The van der Waals surface area contributed by atoms with E-state index in [-0.39, 0.29) is 5.82 Å². The predicted octanol–water partition coefficient (Wildman–Crippen LogP) is 2.96. The Kier molecular flexibility index (Phi) is 3.46. The van der Waals surface area contributed by atoms with Crippen LogP contribution in [0.5, 0.6) is 11.5 Å². The second-order valence-electron chi connectivity index (χ2n) is 4.82. The molecule has 0 atom stereocenters. The highest BCUT2D eigenvalue weighted by Gasteiger charge is 2.12. The van der Waals surface area contributed by atoms with Gasteiger partial charge in [-0.05, 0) is 29.3 Å². The van der Waals surface area contributed by atoms with Gasteiger partial charge in [0.1, 0.15) is 17.3 Å². The number of nitrogen functional groups attached to an aromatic ring is 1. The van der Waals surface area contributed by atoms with Crippen molar-refractivity contribution < 1.29 is 13.9 Å². The van der Waals surface area contributed by atoms with Crippen LogP contribution in [0.15, 0.2) is 36.4 Å². The molecule has 2 N–H and O–H groups in total. The van der Waals surface area contributed by atoms with Gasteiger partial charge in [-0.2, -0.15) is 0 Å². The van der Waals surface area contributed by atoms with E-state index in [1.807, 2.05) is 12.1 Å². The number of benzene rings is 2. The number of nitrogens with two attached hydrogens (primary N) is 1. The maximum Gasteiger partial charge on any atom is 0.145 e. The first kappa shape index (κ1) is 12.8. The molecule has 4 heteroatoms. The molecular formula is C16H16FNO2. The summed E-state index contributed by atoms with van der Waals surface area (Å²) in [6.07, 6.45) is 1.71. The van der Waals surface area contributed by atoms with Crippen molar-refractivity contribution in [3.8, 4) is 11.5 Å². The predicted molar refractivity (Wildman–Crippen MR) is 75.7 cm³/mol. The van der Waals surface area contributed by atoms with E-state index in [1.54, 1.807) is 0 Å². The Morgan fingerprint density at radius 2 is 2.10 bits per heavy atom. The van der Waals surface area contributed by atoms with Gasteiger partial charge in [-0.25, -0.2) is 4.39 Å². The van der Waals surface area contributed by atoms with Crippen molar-refractivity contribution >= 4 is 5.69 Å². The second kappa shape index (κ2) is 5.41. The van der Waals surface area contributed by atoms with E-state index in [2.05, 4.69) is 6.07 Å². The van der Waals surface area contributed by atoms with Crippen molar-refractivity contribution in [3.63, 3.8) is 0 Å². The number of fused-ring (bicyclic) bond motifs is 1. The summed E-state index contributed by atoms with van der Waals surface area (Å²) in [4.78, 5) is 0. The Labute approximate surface area is 117 Å². The largest absolute Gasteiger partial charge is 0.493 e. The zero-order valence-corrected chi connectivity index (χ0v) is 11.1. The van der Waals surface area contributed by atoms with Gasteiger partial charge in [-0.1, -0.05) is 12.1 Å². The smallest absolute Gasteiger partial charge is 0.145 e. The molecule has 3 nitrogen and oxygen atoms in total. The molecule has 0 spiro atoms. The first-order valence-corrected chi connectivity index (χ1v) is 6.65. The summed E-state index contributed by atoms with van der Waals surface area (Å²) in [5.41, 5.74) is 8.61. The first-order valence-electron chi connectivity index (χ1n) is 6.65. The Morgan fingerprint density at radius 1 is 1.20 bits per heavy atom. The quantitative estimate of drug-likeness (QED) is 0.871. The van der Waals surface area contributed by atoms with Crippen LogP contribution in [0.1, 0.15) is 11.1 Å². The zero-order chi connectivity index (χ0) is 13.9. The van der Waals surface area contributed by atoms with Crippen LogP contribution in [-0.4, -0.2) is 13.2 Å². The van der Waals surface area contributed by atoms with E-state index in [9.17, 15) is 4.39 Å². The maximum absolute atomic E-state index is 13.1. The average Bonchev–Trinajstić information content (AvgIpc) is 2.90. The lowest BCUT2D eigenvalue weighted by atomic mass is 10.1. The minimum atomic E-state index is -0.344. The van der Waals surface area contributed by atoms with Crippen molar-refractivity contribution in [2.45, 2.75) is 12.8 Å². The number of hydrogen-bond acceptors (Lipinski definition) is 3. The number of ether oxygens (including phenoxy) is 2. The van der Waals surface area contributed by atoms with Crippen molar-refractivity contribution in [2.75, 3.05) is 18.9 Å². The Morgan fingerprint density at radius 3 is 3.00 bits per heavy atom. The molecule has 0 fully saturated rings. The molecule has 0 amide bonds. The van der Waals surface area contributed by atoms with Crippen LogP contribution in [0.2, 0.25) is 0 Å². The number of hydrogen-bond donors (Lipinski definition) is 1. The van der Waals surface area contributed by atoms with Gasteiger partial charge in [0.05, 0.1) is 18.9 Å². The van der Waals surface area contributed by atoms with Gasteiger partial charge in [0.2, 0.25) is 0 Å². The molecule has 2 aromatic carbocycles. The average molecular weight is 273 g/mol. The fourth-order valence-corrected chi connectivity index (χ4v) is 2.31. The molecule has 0 unspecified atom stereocenters. The highest BCUT2D eigenvalue weighted by Crippen LogP contribution is 2.26. The Bertz CT molecular complexity index is 628. The van der Waals surface area contributed by atoms with Gasteiger partial charge in [-0.15, -0.1) is 0 Å². The van der Waals surface area contributed by atoms with Gasteiger partial charge >= 0.3 is 0 Å². The van der Waals surface area contributed by atoms with Gasteiger partial charge in [0.25, 0.3) is 0 Å². The normalized spacial score (nSPS) is 12.8. The zero-order valence-electron chi connectivity index (χ0n) is 11.1. The van der Waals surface area contributed by atoms with Gasteiger partial charge in [-0.3, -0.25) is 0 Å². The molecule has 0 saturated heterocycles. The molecule has 0 saturated carbocycles. The lowest BCUT2D eigenvalue weighted by Crippen LogP contribution is -2.04. The molecule has 3 rings (SSSR count). The summed E-state index contributed by atoms with van der Waals surface area (Å²) in [6.45, 7) is 1.22.